The third-order valence-corrected chi connectivity index (χ3v) is 1.94. The zero-order valence-electron chi connectivity index (χ0n) is 9.61. The maximum absolute atomic E-state index is 11.2. The van der Waals surface area contributed by atoms with E-state index >= 15 is 0 Å². The second kappa shape index (κ2) is 9.11. The van der Waals surface area contributed by atoms with Crippen molar-refractivity contribution in [1.82, 2.24) is 0 Å². The van der Waals surface area contributed by atoms with Crippen molar-refractivity contribution < 1.29 is 19.4 Å². The second-order valence-corrected chi connectivity index (χ2v) is 3.50. The van der Waals surface area contributed by atoms with E-state index in [1.807, 2.05) is 6.92 Å². The van der Waals surface area contributed by atoms with Crippen LogP contribution in [0.4, 0.5) is 0 Å². The van der Waals surface area contributed by atoms with Crippen molar-refractivity contribution in [2.75, 3.05) is 6.54 Å². The SMILES string of the molecule is CCCC(=O)OOC(=O)C(N)CCCCN. The average Bonchev–Trinajstić information content (AvgIpc) is 2.26. The van der Waals surface area contributed by atoms with Crippen molar-refractivity contribution in [2.45, 2.75) is 45.1 Å². The van der Waals surface area contributed by atoms with Crippen LogP contribution in [0.5, 0.6) is 0 Å². The molecule has 0 saturated heterocycles. The summed E-state index contributed by atoms with van der Waals surface area (Å²) in [6.45, 7) is 2.38. The highest BCUT2D eigenvalue weighted by Gasteiger charge is 2.17. The van der Waals surface area contributed by atoms with E-state index < -0.39 is 18.0 Å². The molecule has 0 aliphatic carbocycles. The zero-order chi connectivity index (χ0) is 12.4. The molecule has 94 valence electrons. The van der Waals surface area contributed by atoms with Crippen molar-refractivity contribution in [1.29, 1.82) is 0 Å². The molecule has 0 aromatic heterocycles. The van der Waals surface area contributed by atoms with Crippen LogP contribution in [-0.4, -0.2) is 24.5 Å². The Balaban J connectivity index is 3.66. The maximum atomic E-state index is 11.2. The number of carbonyl (C=O) groups excluding carboxylic acids is 2. The minimum absolute atomic E-state index is 0.218. The Kier molecular flexibility index (Phi) is 8.46. The Bertz CT molecular complexity index is 221. The summed E-state index contributed by atoms with van der Waals surface area (Å²) in [5.41, 5.74) is 10.8. The van der Waals surface area contributed by atoms with Crippen molar-refractivity contribution in [3.63, 3.8) is 0 Å². The maximum Gasteiger partial charge on any atom is 0.372 e. The number of hydrogen-bond acceptors (Lipinski definition) is 6. The summed E-state index contributed by atoms with van der Waals surface area (Å²) in [7, 11) is 0. The molecule has 1 atom stereocenters. The van der Waals surface area contributed by atoms with Gasteiger partial charge >= 0.3 is 11.9 Å². The predicted octanol–water partition coefficient (Wildman–Crippen LogP) is 0.244. The summed E-state index contributed by atoms with van der Waals surface area (Å²) in [6, 6.07) is -0.763. The molecular weight excluding hydrogens is 212 g/mol. The van der Waals surface area contributed by atoms with Crippen molar-refractivity contribution in [3.8, 4) is 0 Å². The van der Waals surface area contributed by atoms with E-state index in [4.69, 9.17) is 11.5 Å². The van der Waals surface area contributed by atoms with Gasteiger partial charge in [-0.25, -0.2) is 19.4 Å². The molecule has 0 aliphatic rings. The van der Waals surface area contributed by atoms with Gasteiger partial charge in [0.1, 0.15) is 6.04 Å². The number of rotatable bonds is 7. The van der Waals surface area contributed by atoms with Crippen LogP contribution in [0.1, 0.15) is 39.0 Å². The van der Waals surface area contributed by atoms with E-state index in [-0.39, 0.29) is 6.42 Å². The highest BCUT2D eigenvalue weighted by molar-refractivity contribution is 5.76. The van der Waals surface area contributed by atoms with Gasteiger partial charge in [0.25, 0.3) is 0 Å². The molecule has 6 nitrogen and oxygen atoms in total. The number of carbonyl (C=O) groups is 2. The van der Waals surface area contributed by atoms with E-state index in [1.165, 1.54) is 0 Å². The molecule has 6 heteroatoms. The first kappa shape index (κ1) is 14.9. The van der Waals surface area contributed by atoms with E-state index in [0.717, 1.165) is 12.8 Å². The van der Waals surface area contributed by atoms with E-state index in [9.17, 15) is 9.59 Å². The minimum atomic E-state index is -0.763. The molecule has 0 radical (unpaired) electrons. The second-order valence-electron chi connectivity index (χ2n) is 3.50. The quantitative estimate of drug-likeness (QED) is 0.370. The normalized spacial score (nSPS) is 11.9. The molecule has 1 unspecified atom stereocenters. The molecule has 0 spiro atoms. The van der Waals surface area contributed by atoms with Crippen molar-refractivity contribution in [3.05, 3.63) is 0 Å². The summed E-state index contributed by atoms with van der Waals surface area (Å²) in [5, 5.41) is 0. The molecule has 0 aromatic rings. The molecule has 0 bridgehead atoms. The van der Waals surface area contributed by atoms with E-state index in [2.05, 4.69) is 9.78 Å². The van der Waals surface area contributed by atoms with Crippen LogP contribution in [0, 0.1) is 0 Å². The Hall–Kier alpha value is -1.14. The average molecular weight is 232 g/mol. The van der Waals surface area contributed by atoms with Crippen LogP contribution >= 0.6 is 0 Å². The molecule has 4 N–H and O–H groups in total. The summed E-state index contributed by atoms with van der Waals surface area (Å²) in [4.78, 5) is 30.6. The summed E-state index contributed by atoms with van der Waals surface area (Å²) in [5.74, 6) is -1.29. The van der Waals surface area contributed by atoms with Gasteiger partial charge in [-0.3, -0.25) is 0 Å². The summed E-state index contributed by atoms with van der Waals surface area (Å²) in [6.07, 6.45) is 2.88. The van der Waals surface area contributed by atoms with Crippen LogP contribution in [0.15, 0.2) is 0 Å². The van der Waals surface area contributed by atoms with Crippen molar-refractivity contribution >= 4 is 11.9 Å². The van der Waals surface area contributed by atoms with Gasteiger partial charge in [-0.15, -0.1) is 0 Å². The van der Waals surface area contributed by atoms with Crippen molar-refractivity contribution in [2.24, 2.45) is 11.5 Å². The van der Waals surface area contributed by atoms with Crippen LogP contribution in [0.2, 0.25) is 0 Å². The van der Waals surface area contributed by atoms with Gasteiger partial charge in [-0.05, 0) is 25.8 Å². The smallest absolute Gasteiger partial charge is 0.330 e. The molecule has 16 heavy (non-hydrogen) atoms. The first-order valence-corrected chi connectivity index (χ1v) is 5.48. The van der Waals surface area contributed by atoms with Crippen LogP contribution < -0.4 is 11.5 Å². The fraction of sp³-hybridized carbons (Fsp3) is 0.800. The Morgan fingerprint density at radius 1 is 1.25 bits per heavy atom. The summed E-state index contributed by atoms with van der Waals surface area (Å²) < 4.78 is 0. The monoisotopic (exact) mass is 232 g/mol. The lowest BCUT2D eigenvalue weighted by molar-refractivity contribution is -0.260. The number of nitrogens with two attached hydrogens (primary N) is 2. The van der Waals surface area contributed by atoms with E-state index in [1.54, 1.807) is 0 Å². The summed E-state index contributed by atoms with van der Waals surface area (Å²) >= 11 is 0. The Labute approximate surface area is 95.2 Å². The zero-order valence-corrected chi connectivity index (χ0v) is 9.61. The Morgan fingerprint density at radius 3 is 2.50 bits per heavy atom. The third-order valence-electron chi connectivity index (χ3n) is 1.94. The Morgan fingerprint density at radius 2 is 1.94 bits per heavy atom. The van der Waals surface area contributed by atoms with Gasteiger partial charge in [-0.1, -0.05) is 13.3 Å². The topological polar surface area (TPSA) is 105 Å². The molecule has 0 heterocycles. The van der Waals surface area contributed by atoms with Gasteiger partial charge in [0, 0.05) is 6.42 Å². The lowest BCUT2D eigenvalue weighted by atomic mass is 10.1. The van der Waals surface area contributed by atoms with Crippen LogP contribution in [0.3, 0.4) is 0 Å². The lowest BCUT2D eigenvalue weighted by Crippen LogP contribution is -2.33. The molecule has 0 fully saturated rings. The van der Waals surface area contributed by atoms with Crippen LogP contribution in [-0.2, 0) is 19.4 Å². The number of hydrogen-bond donors (Lipinski definition) is 2. The van der Waals surface area contributed by atoms with Crippen LogP contribution in [0.25, 0.3) is 0 Å². The standard InChI is InChI=1S/C10H20N2O4/c1-2-5-9(13)15-16-10(14)8(12)6-3-4-7-11/h8H,2-7,11-12H2,1H3. The predicted molar refractivity (Wildman–Crippen MR) is 58.0 cm³/mol. The molecular formula is C10H20N2O4. The highest BCUT2D eigenvalue weighted by atomic mass is 17.2. The van der Waals surface area contributed by atoms with Gasteiger partial charge in [0.05, 0.1) is 0 Å². The highest BCUT2D eigenvalue weighted by Crippen LogP contribution is 2.01. The molecule has 0 rings (SSSR count). The fourth-order valence-electron chi connectivity index (χ4n) is 1.02. The van der Waals surface area contributed by atoms with E-state index in [0.29, 0.717) is 19.4 Å². The van der Waals surface area contributed by atoms with Gasteiger partial charge in [0.2, 0.25) is 0 Å². The first-order chi connectivity index (χ1) is 7.61. The van der Waals surface area contributed by atoms with Gasteiger partial charge < -0.3 is 11.5 Å². The first-order valence-electron chi connectivity index (χ1n) is 5.48. The molecule has 0 saturated carbocycles. The molecule has 0 amide bonds. The molecule has 0 aliphatic heterocycles. The van der Waals surface area contributed by atoms with Gasteiger partial charge in [0.15, 0.2) is 0 Å². The number of unbranched alkanes of at least 4 members (excludes halogenated alkanes) is 1. The largest absolute Gasteiger partial charge is 0.372 e. The fourth-order valence-corrected chi connectivity index (χ4v) is 1.02. The third kappa shape index (κ3) is 7.19. The minimum Gasteiger partial charge on any atom is -0.330 e. The lowest BCUT2D eigenvalue weighted by Gasteiger charge is -2.08. The molecule has 0 aromatic carbocycles. The van der Waals surface area contributed by atoms with Gasteiger partial charge in [-0.2, -0.15) is 0 Å².